The summed E-state index contributed by atoms with van der Waals surface area (Å²) in [6.45, 7) is -0.385. The third-order valence-electron chi connectivity index (χ3n) is 5.25. The van der Waals surface area contributed by atoms with E-state index in [1.807, 2.05) is 0 Å². The number of amides is 5. The van der Waals surface area contributed by atoms with Crippen LogP contribution >= 0.6 is 23.2 Å². The number of hydrogen-bond acceptors (Lipinski definition) is 7. The smallest absolute Gasteiger partial charge is 0.335 e. The van der Waals surface area contributed by atoms with E-state index in [1.165, 1.54) is 49.6 Å². The molecule has 3 N–H and O–H groups in total. The Morgan fingerprint density at radius 3 is 2.39 bits per heavy atom. The first-order valence-electron chi connectivity index (χ1n) is 10.9. The normalized spacial score (nSPS) is 14.3. The number of rotatable bonds is 7. The molecule has 0 spiro atoms. The Kier molecular flexibility index (Phi) is 7.85. The second-order valence-corrected chi connectivity index (χ2v) is 8.70. The van der Waals surface area contributed by atoms with Crippen molar-refractivity contribution in [1.82, 2.24) is 5.32 Å². The molecular formula is C26H19Cl2N3O7. The molecule has 1 fully saturated rings. The number of halogens is 2. The van der Waals surface area contributed by atoms with Crippen molar-refractivity contribution < 1.29 is 33.8 Å². The van der Waals surface area contributed by atoms with Crippen LogP contribution in [0.25, 0.3) is 6.08 Å². The molecule has 1 saturated heterocycles. The predicted octanol–water partition coefficient (Wildman–Crippen LogP) is 4.39. The number of nitrogens with zero attached hydrogens (tertiary/aromatic N) is 1. The van der Waals surface area contributed by atoms with Gasteiger partial charge < -0.3 is 19.9 Å². The summed E-state index contributed by atoms with van der Waals surface area (Å²) in [5.74, 6) is -2.08. The maximum atomic E-state index is 13.1. The third-order valence-corrected chi connectivity index (χ3v) is 5.78. The van der Waals surface area contributed by atoms with Gasteiger partial charge in [0.15, 0.2) is 18.1 Å². The number of benzene rings is 3. The van der Waals surface area contributed by atoms with E-state index in [0.717, 1.165) is 4.90 Å². The highest BCUT2D eigenvalue weighted by Gasteiger charge is 2.36. The Hall–Kier alpha value is -4.54. The predicted molar refractivity (Wildman–Crippen MR) is 141 cm³/mol. The van der Waals surface area contributed by atoms with Crippen LogP contribution in [0.1, 0.15) is 5.56 Å². The SMILES string of the molecule is COc1cc(/C=C2\C(=O)NC(=O)N(c3ccc(O)cc3)C2=O)cc(Cl)c1OCC(=O)Nc1ccc(Cl)cc1. The maximum Gasteiger partial charge on any atom is 0.335 e. The third kappa shape index (κ3) is 5.88. The van der Waals surface area contributed by atoms with Crippen molar-refractivity contribution in [1.29, 1.82) is 0 Å². The van der Waals surface area contributed by atoms with E-state index in [4.69, 9.17) is 32.7 Å². The Bertz CT molecular complexity index is 1450. The Morgan fingerprint density at radius 2 is 1.74 bits per heavy atom. The standard InChI is InChI=1S/C26H19Cl2N3O7/c1-37-21-12-14(11-20(28)23(21)38-13-22(33)29-16-4-2-15(27)3-5-16)10-19-24(34)30-26(36)31(25(19)35)17-6-8-18(32)9-7-17/h2-12,32H,13H2,1H3,(H,29,33)(H,30,34,36)/b19-10+. The number of carbonyl (C=O) groups is 4. The number of anilines is 2. The molecule has 1 heterocycles. The lowest BCUT2D eigenvalue weighted by Crippen LogP contribution is -2.54. The van der Waals surface area contributed by atoms with E-state index >= 15 is 0 Å². The van der Waals surface area contributed by atoms with Crippen LogP contribution in [-0.2, 0) is 14.4 Å². The first-order valence-corrected chi connectivity index (χ1v) is 11.7. The van der Waals surface area contributed by atoms with Gasteiger partial charge in [0.25, 0.3) is 17.7 Å². The molecule has 0 aromatic heterocycles. The van der Waals surface area contributed by atoms with Gasteiger partial charge in [-0.05, 0) is 72.3 Å². The lowest BCUT2D eigenvalue weighted by atomic mass is 10.1. The molecule has 38 heavy (non-hydrogen) atoms. The highest BCUT2D eigenvalue weighted by atomic mass is 35.5. The van der Waals surface area contributed by atoms with Gasteiger partial charge in [-0.2, -0.15) is 0 Å². The van der Waals surface area contributed by atoms with Gasteiger partial charge >= 0.3 is 6.03 Å². The first-order chi connectivity index (χ1) is 18.2. The van der Waals surface area contributed by atoms with E-state index in [0.29, 0.717) is 16.3 Å². The molecule has 3 aromatic carbocycles. The molecule has 0 saturated carbocycles. The summed E-state index contributed by atoms with van der Waals surface area (Å²) < 4.78 is 10.9. The second kappa shape index (κ2) is 11.2. The van der Waals surface area contributed by atoms with Crippen LogP contribution < -0.4 is 25.0 Å². The van der Waals surface area contributed by atoms with Crippen LogP contribution in [-0.4, -0.2) is 42.6 Å². The number of phenolic OH excluding ortho intramolecular Hbond substituents is 1. The molecule has 4 rings (SSSR count). The quantitative estimate of drug-likeness (QED) is 0.290. The number of hydrogen-bond donors (Lipinski definition) is 3. The number of phenols is 1. The minimum atomic E-state index is -0.931. The average Bonchev–Trinajstić information content (AvgIpc) is 2.88. The highest BCUT2D eigenvalue weighted by Crippen LogP contribution is 2.37. The van der Waals surface area contributed by atoms with Crippen molar-refractivity contribution in [2.24, 2.45) is 0 Å². The minimum Gasteiger partial charge on any atom is -0.508 e. The van der Waals surface area contributed by atoms with Crippen molar-refractivity contribution in [3.63, 3.8) is 0 Å². The number of urea groups is 1. The van der Waals surface area contributed by atoms with Gasteiger partial charge in [0.1, 0.15) is 11.3 Å². The van der Waals surface area contributed by atoms with Crippen LogP contribution in [0.2, 0.25) is 10.0 Å². The fourth-order valence-corrected chi connectivity index (χ4v) is 3.89. The summed E-state index contributed by atoms with van der Waals surface area (Å²) in [7, 11) is 1.35. The maximum absolute atomic E-state index is 13.1. The van der Waals surface area contributed by atoms with Crippen molar-refractivity contribution in [3.05, 3.63) is 81.8 Å². The van der Waals surface area contributed by atoms with Crippen LogP contribution in [0, 0.1) is 0 Å². The number of aromatic hydroxyl groups is 1. The van der Waals surface area contributed by atoms with Crippen LogP contribution in [0.3, 0.4) is 0 Å². The van der Waals surface area contributed by atoms with Gasteiger partial charge in [-0.1, -0.05) is 23.2 Å². The average molecular weight is 556 g/mol. The molecule has 3 aromatic rings. The van der Waals surface area contributed by atoms with Gasteiger partial charge in [-0.15, -0.1) is 0 Å². The minimum absolute atomic E-state index is 0.0469. The molecule has 0 aliphatic carbocycles. The molecule has 0 bridgehead atoms. The molecular weight excluding hydrogens is 537 g/mol. The number of ether oxygens (including phenoxy) is 2. The summed E-state index contributed by atoms with van der Waals surface area (Å²) in [5.41, 5.74) is 0.633. The van der Waals surface area contributed by atoms with Crippen molar-refractivity contribution in [2.45, 2.75) is 0 Å². The lowest BCUT2D eigenvalue weighted by Gasteiger charge is -2.26. The van der Waals surface area contributed by atoms with Gasteiger partial charge in [-0.3, -0.25) is 19.7 Å². The first kappa shape index (κ1) is 26.5. The van der Waals surface area contributed by atoms with Crippen molar-refractivity contribution in [2.75, 3.05) is 23.9 Å². The monoisotopic (exact) mass is 555 g/mol. The fraction of sp³-hybridized carbons (Fsp3) is 0.0769. The Balaban J connectivity index is 1.55. The number of nitrogens with one attached hydrogen (secondary N) is 2. The zero-order valence-electron chi connectivity index (χ0n) is 19.7. The Labute approximate surface area is 226 Å². The van der Waals surface area contributed by atoms with Crippen LogP contribution in [0.5, 0.6) is 17.2 Å². The topological polar surface area (TPSA) is 134 Å². The number of imide groups is 2. The van der Waals surface area contributed by atoms with Crippen molar-refractivity contribution in [3.8, 4) is 17.2 Å². The molecule has 10 nitrogen and oxygen atoms in total. The largest absolute Gasteiger partial charge is 0.508 e. The Morgan fingerprint density at radius 1 is 1.05 bits per heavy atom. The molecule has 5 amide bonds. The summed E-state index contributed by atoms with van der Waals surface area (Å²) in [4.78, 5) is 50.9. The summed E-state index contributed by atoms with van der Waals surface area (Å²) in [6, 6.07) is 13.8. The fourth-order valence-electron chi connectivity index (χ4n) is 3.49. The van der Waals surface area contributed by atoms with Crippen molar-refractivity contribution >= 4 is 64.4 Å². The zero-order valence-corrected chi connectivity index (χ0v) is 21.2. The summed E-state index contributed by atoms with van der Waals surface area (Å²) in [6.07, 6.45) is 1.24. The number of barbiturate groups is 1. The van der Waals surface area contributed by atoms with Gasteiger partial charge in [0.2, 0.25) is 0 Å². The molecule has 0 radical (unpaired) electrons. The molecule has 12 heteroatoms. The van der Waals surface area contributed by atoms with Gasteiger partial charge in [0.05, 0.1) is 17.8 Å². The lowest BCUT2D eigenvalue weighted by molar-refractivity contribution is -0.122. The van der Waals surface area contributed by atoms with E-state index in [-0.39, 0.29) is 40.1 Å². The number of carbonyl (C=O) groups excluding carboxylic acids is 4. The van der Waals surface area contributed by atoms with E-state index in [9.17, 15) is 24.3 Å². The van der Waals surface area contributed by atoms with E-state index in [1.54, 1.807) is 24.3 Å². The van der Waals surface area contributed by atoms with E-state index < -0.39 is 23.8 Å². The van der Waals surface area contributed by atoms with Gasteiger partial charge in [-0.25, -0.2) is 9.69 Å². The second-order valence-electron chi connectivity index (χ2n) is 7.85. The highest BCUT2D eigenvalue weighted by molar-refractivity contribution is 6.39. The molecule has 0 atom stereocenters. The summed E-state index contributed by atoms with van der Waals surface area (Å²) >= 11 is 12.2. The molecule has 194 valence electrons. The summed E-state index contributed by atoms with van der Waals surface area (Å²) in [5, 5.41) is 14.8. The van der Waals surface area contributed by atoms with Crippen LogP contribution in [0.4, 0.5) is 16.2 Å². The molecule has 0 unspecified atom stereocenters. The van der Waals surface area contributed by atoms with Crippen LogP contribution in [0.15, 0.2) is 66.2 Å². The number of methoxy groups -OCH3 is 1. The zero-order chi connectivity index (χ0) is 27.4. The molecule has 1 aliphatic heterocycles. The van der Waals surface area contributed by atoms with E-state index in [2.05, 4.69) is 10.6 Å². The van der Waals surface area contributed by atoms with Gasteiger partial charge in [0, 0.05) is 10.7 Å². The molecule has 1 aliphatic rings.